The fourth-order valence-corrected chi connectivity index (χ4v) is 1.07. The highest BCUT2D eigenvalue weighted by molar-refractivity contribution is 5.80. The number of para-hydroxylation sites is 2. The number of carbonyl (C=O) groups is 1. The van der Waals surface area contributed by atoms with E-state index < -0.39 is 16.9 Å². The van der Waals surface area contributed by atoms with Crippen molar-refractivity contribution in [1.82, 2.24) is 5.43 Å². The van der Waals surface area contributed by atoms with Crippen LogP contribution in [0.3, 0.4) is 0 Å². The Morgan fingerprint density at radius 2 is 2.19 bits per heavy atom. The first-order valence-electron chi connectivity index (χ1n) is 4.46. The lowest BCUT2D eigenvalue weighted by atomic mass is 10.3. The lowest BCUT2D eigenvalue weighted by Crippen LogP contribution is -2.40. The molecule has 7 heteroatoms. The molecule has 1 amide bonds. The standard InChI is InChI=1S/C9H11N3O4/c1-6(9(13)11-10)16-8-5-3-2-4-7(8)12(14)15/h2-6H,10H2,1H3,(H,11,13). The van der Waals surface area contributed by atoms with Gasteiger partial charge in [-0.05, 0) is 13.0 Å². The molecule has 0 saturated heterocycles. The average Bonchev–Trinajstić information content (AvgIpc) is 2.28. The van der Waals surface area contributed by atoms with E-state index >= 15 is 0 Å². The Balaban J connectivity index is 2.88. The summed E-state index contributed by atoms with van der Waals surface area (Å²) in [6, 6.07) is 5.80. The van der Waals surface area contributed by atoms with E-state index in [0.717, 1.165) is 0 Å². The Kier molecular flexibility index (Phi) is 3.78. The van der Waals surface area contributed by atoms with Crippen LogP contribution in [0.15, 0.2) is 24.3 Å². The molecule has 3 N–H and O–H groups in total. The van der Waals surface area contributed by atoms with E-state index in [1.54, 1.807) is 6.07 Å². The molecule has 0 fully saturated rings. The molecule has 0 aliphatic heterocycles. The summed E-state index contributed by atoms with van der Waals surface area (Å²) in [5.41, 5.74) is 1.70. The lowest BCUT2D eigenvalue weighted by Gasteiger charge is -2.12. The first kappa shape index (κ1) is 11.9. The maximum absolute atomic E-state index is 11.1. The predicted molar refractivity (Wildman–Crippen MR) is 55.5 cm³/mol. The molecule has 86 valence electrons. The summed E-state index contributed by atoms with van der Waals surface area (Å²) in [5, 5.41) is 10.6. The van der Waals surface area contributed by atoms with Crippen molar-refractivity contribution in [2.24, 2.45) is 5.84 Å². The Bertz CT molecular complexity index is 407. The highest BCUT2D eigenvalue weighted by Crippen LogP contribution is 2.26. The van der Waals surface area contributed by atoms with E-state index in [4.69, 9.17) is 10.6 Å². The van der Waals surface area contributed by atoms with Crippen molar-refractivity contribution in [1.29, 1.82) is 0 Å². The fourth-order valence-electron chi connectivity index (χ4n) is 1.07. The second kappa shape index (κ2) is 5.08. The van der Waals surface area contributed by atoms with Crippen LogP contribution in [-0.4, -0.2) is 16.9 Å². The summed E-state index contributed by atoms with van der Waals surface area (Å²) < 4.78 is 5.13. The van der Waals surface area contributed by atoms with Crippen molar-refractivity contribution >= 4 is 11.6 Å². The molecule has 0 aromatic heterocycles. The zero-order chi connectivity index (χ0) is 12.1. The van der Waals surface area contributed by atoms with Gasteiger partial charge in [0.25, 0.3) is 5.91 Å². The number of nitrogens with zero attached hydrogens (tertiary/aromatic N) is 1. The van der Waals surface area contributed by atoms with Crippen LogP contribution in [0.1, 0.15) is 6.92 Å². The molecular formula is C9H11N3O4. The normalized spacial score (nSPS) is 11.6. The van der Waals surface area contributed by atoms with Gasteiger partial charge >= 0.3 is 5.69 Å². The van der Waals surface area contributed by atoms with Crippen LogP contribution in [0.25, 0.3) is 0 Å². The molecule has 0 saturated carbocycles. The Labute approximate surface area is 91.3 Å². The van der Waals surface area contributed by atoms with Gasteiger partial charge in [-0.15, -0.1) is 0 Å². The minimum absolute atomic E-state index is 0.0311. The fraction of sp³-hybridized carbons (Fsp3) is 0.222. The molecule has 1 rings (SSSR count). The van der Waals surface area contributed by atoms with Gasteiger partial charge in [-0.3, -0.25) is 20.3 Å². The van der Waals surface area contributed by atoms with Crippen LogP contribution >= 0.6 is 0 Å². The largest absolute Gasteiger partial charge is 0.474 e. The quantitative estimate of drug-likeness (QED) is 0.333. The number of benzene rings is 1. The molecule has 0 aliphatic carbocycles. The lowest BCUT2D eigenvalue weighted by molar-refractivity contribution is -0.386. The molecule has 16 heavy (non-hydrogen) atoms. The first-order valence-corrected chi connectivity index (χ1v) is 4.46. The summed E-state index contributed by atoms with van der Waals surface area (Å²) in [4.78, 5) is 21.1. The summed E-state index contributed by atoms with van der Waals surface area (Å²) in [6.07, 6.45) is -0.897. The summed E-state index contributed by atoms with van der Waals surface area (Å²) >= 11 is 0. The SMILES string of the molecule is CC(Oc1ccccc1[N+](=O)[O-])C(=O)NN. The van der Waals surface area contributed by atoms with Crippen molar-refractivity contribution in [2.75, 3.05) is 0 Å². The van der Waals surface area contributed by atoms with E-state index in [1.807, 2.05) is 5.43 Å². The van der Waals surface area contributed by atoms with Crippen LogP contribution < -0.4 is 16.0 Å². The molecule has 0 radical (unpaired) electrons. The number of amides is 1. The van der Waals surface area contributed by atoms with E-state index in [2.05, 4.69) is 0 Å². The Morgan fingerprint density at radius 3 is 2.75 bits per heavy atom. The molecule has 0 bridgehead atoms. The van der Waals surface area contributed by atoms with Crippen LogP contribution in [0.2, 0.25) is 0 Å². The van der Waals surface area contributed by atoms with E-state index in [1.165, 1.54) is 25.1 Å². The van der Waals surface area contributed by atoms with Crippen molar-refractivity contribution < 1.29 is 14.5 Å². The van der Waals surface area contributed by atoms with Crippen molar-refractivity contribution in [3.63, 3.8) is 0 Å². The van der Waals surface area contributed by atoms with Gasteiger partial charge in [-0.25, -0.2) is 5.84 Å². The summed E-state index contributed by atoms with van der Waals surface area (Å²) in [6.45, 7) is 1.44. The molecule has 0 spiro atoms. The van der Waals surface area contributed by atoms with Crippen molar-refractivity contribution in [3.05, 3.63) is 34.4 Å². The van der Waals surface area contributed by atoms with Crippen molar-refractivity contribution in [2.45, 2.75) is 13.0 Å². The third kappa shape index (κ3) is 2.67. The number of hydrazine groups is 1. The van der Waals surface area contributed by atoms with Crippen molar-refractivity contribution in [3.8, 4) is 5.75 Å². The maximum Gasteiger partial charge on any atom is 0.310 e. The van der Waals surface area contributed by atoms with Gasteiger partial charge in [0.2, 0.25) is 0 Å². The number of rotatable bonds is 4. The van der Waals surface area contributed by atoms with Crippen LogP contribution in [0.5, 0.6) is 5.75 Å². The molecule has 0 aliphatic rings. The smallest absolute Gasteiger partial charge is 0.310 e. The van der Waals surface area contributed by atoms with Gasteiger partial charge in [0.15, 0.2) is 11.9 Å². The second-order valence-corrected chi connectivity index (χ2v) is 2.99. The number of nitrogens with one attached hydrogen (secondary N) is 1. The zero-order valence-electron chi connectivity index (χ0n) is 8.54. The molecular weight excluding hydrogens is 214 g/mol. The first-order chi connectivity index (χ1) is 7.56. The van der Waals surface area contributed by atoms with E-state index in [-0.39, 0.29) is 11.4 Å². The van der Waals surface area contributed by atoms with Crippen LogP contribution in [-0.2, 0) is 4.79 Å². The maximum atomic E-state index is 11.1. The average molecular weight is 225 g/mol. The zero-order valence-corrected chi connectivity index (χ0v) is 8.54. The minimum Gasteiger partial charge on any atom is -0.474 e. The monoisotopic (exact) mass is 225 g/mol. The minimum atomic E-state index is -0.897. The number of hydrogen-bond donors (Lipinski definition) is 2. The highest BCUT2D eigenvalue weighted by atomic mass is 16.6. The third-order valence-corrected chi connectivity index (χ3v) is 1.88. The number of nitro groups is 1. The molecule has 0 heterocycles. The third-order valence-electron chi connectivity index (χ3n) is 1.88. The number of carbonyl (C=O) groups excluding carboxylic acids is 1. The van der Waals surface area contributed by atoms with Gasteiger partial charge in [-0.2, -0.15) is 0 Å². The second-order valence-electron chi connectivity index (χ2n) is 2.99. The molecule has 1 atom stereocenters. The van der Waals surface area contributed by atoms with Gasteiger partial charge < -0.3 is 4.74 Å². The van der Waals surface area contributed by atoms with Gasteiger partial charge in [0.1, 0.15) is 0 Å². The van der Waals surface area contributed by atoms with E-state index in [9.17, 15) is 14.9 Å². The Hall–Kier alpha value is -2.15. The highest BCUT2D eigenvalue weighted by Gasteiger charge is 2.19. The van der Waals surface area contributed by atoms with Gasteiger partial charge in [0.05, 0.1) is 4.92 Å². The summed E-state index contributed by atoms with van der Waals surface area (Å²) in [7, 11) is 0. The summed E-state index contributed by atoms with van der Waals surface area (Å²) in [5.74, 6) is 4.38. The number of nitro benzene ring substituents is 1. The molecule has 1 aromatic rings. The molecule has 1 unspecified atom stereocenters. The number of hydrogen-bond acceptors (Lipinski definition) is 5. The number of ether oxygens (including phenoxy) is 1. The topological polar surface area (TPSA) is 107 Å². The van der Waals surface area contributed by atoms with Crippen LogP contribution in [0, 0.1) is 10.1 Å². The van der Waals surface area contributed by atoms with Gasteiger partial charge in [0, 0.05) is 6.07 Å². The molecule has 1 aromatic carbocycles. The Morgan fingerprint density at radius 1 is 1.56 bits per heavy atom. The van der Waals surface area contributed by atoms with E-state index in [0.29, 0.717) is 0 Å². The predicted octanol–water partition coefficient (Wildman–Crippen LogP) is 0.352. The molecule has 7 nitrogen and oxygen atoms in total. The van der Waals surface area contributed by atoms with Crippen LogP contribution in [0.4, 0.5) is 5.69 Å². The number of nitrogens with two attached hydrogens (primary N) is 1. The van der Waals surface area contributed by atoms with Gasteiger partial charge in [-0.1, -0.05) is 12.1 Å².